The maximum Gasteiger partial charge on any atom is 0.494 e. The quantitative estimate of drug-likeness (QED) is 0.794. The fourth-order valence-electron chi connectivity index (χ4n) is 2.37. The van der Waals surface area contributed by atoms with E-state index in [1.54, 1.807) is 11.6 Å². The van der Waals surface area contributed by atoms with Crippen LogP contribution >= 0.6 is 0 Å². The lowest BCUT2D eigenvalue weighted by Gasteiger charge is -2.32. The number of benzene rings is 1. The van der Waals surface area contributed by atoms with E-state index >= 15 is 0 Å². The topological polar surface area (TPSA) is 56.2 Å². The van der Waals surface area contributed by atoms with Crippen molar-refractivity contribution in [2.75, 3.05) is 0 Å². The maximum atomic E-state index is 11.6. The van der Waals surface area contributed by atoms with Crippen LogP contribution in [-0.4, -0.2) is 27.9 Å². The van der Waals surface area contributed by atoms with Gasteiger partial charge in [0.05, 0.1) is 22.2 Å². The van der Waals surface area contributed by atoms with Crippen LogP contribution in [0.4, 0.5) is 0 Å². The lowest BCUT2D eigenvalue weighted by Crippen LogP contribution is -2.41. The molecule has 1 aliphatic rings. The number of fused-ring (bicyclic) bond motifs is 1. The van der Waals surface area contributed by atoms with E-state index < -0.39 is 7.12 Å². The highest BCUT2D eigenvalue weighted by Crippen LogP contribution is 2.36. The summed E-state index contributed by atoms with van der Waals surface area (Å²) in [6.07, 6.45) is 0. The van der Waals surface area contributed by atoms with Crippen molar-refractivity contribution in [2.24, 2.45) is 7.05 Å². The van der Waals surface area contributed by atoms with Gasteiger partial charge in [-0.3, -0.25) is 4.57 Å². The number of hydrogen-bond donors (Lipinski definition) is 1. The summed E-state index contributed by atoms with van der Waals surface area (Å²) < 4.78 is 13.6. The van der Waals surface area contributed by atoms with Crippen LogP contribution in [-0.2, 0) is 16.4 Å². The minimum atomic E-state index is -0.408. The second kappa shape index (κ2) is 3.99. The predicted octanol–water partition coefficient (Wildman–Crippen LogP) is 1.17. The zero-order valence-electron chi connectivity index (χ0n) is 12.5. The van der Waals surface area contributed by atoms with Crippen molar-refractivity contribution in [3.8, 4) is 0 Å². The van der Waals surface area contributed by atoms with Gasteiger partial charge < -0.3 is 14.3 Å². The standard InChI is InChI=1S/C14H19BN2O3/c1-13(2)14(3,4)20-15(19-13)9-6-7-10-11(8-9)17(5)12(18)16-10/h6-8H,1-5H3,(H,16,18). The number of aromatic amines is 1. The van der Waals surface area contributed by atoms with E-state index in [1.165, 1.54) is 0 Å². The molecular weight excluding hydrogens is 255 g/mol. The average molecular weight is 274 g/mol. The molecule has 6 heteroatoms. The fourth-order valence-corrected chi connectivity index (χ4v) is 2.37. The van der Waals surface area contributed by atoms with E-state index in [9.17, 15) is 4.79 Å². The summed E-state index contributed by atoms with van der Waals surface area (Å²) in [5.74, 6) is 0. The van der Waals surface area contributed by atoms with Gasteiger partial charge in [0, 0.05) is 7.05 Å². The van der Waals surface area contributed by atoms with E-state index in [2.05, 4.69) is 4.98 Å². The molecule has 106 valence electrons. The molecule has 2 aromatic rings. The lowest BCUT2D eigenvalue weighted by molar-refractivity contribution is 0.00578. The molecule has 0 atom stereocenters. The van der Waals surface area contributed by atoms with Gasteiger partial charge in [-0.05, 0) is 45.3 Å². The summed E-state index contributed by atoms with van der Waals surface area (Å²) in [4.78, 5) is 14.4. The van der Waals surface area contributed by atoms with Crippen molar-refractivity contribution in [3.05, 3.63) is 28.7 Å². The Labute approximate surface area is 118 Å². The third kappa shape index (κ3) is 1.83. The van der Waals surface area contributed by atoms with Crippen LogP contribution in [0.5, 0.6) is 0 Å². The lowest BCUT2D eigenvalue weighted by atomic mass is 9.79. The molecule has 0 aliphatic carbocycles. The van der Waals surface area contributed by atoms with Crippen LogP contribution in [0.3, 0.4) is 0 Å². The Bertz CT molecular complexity index is 714. The molecule has 1 aromatic carbocycles. The molecule has 1 fully saturated rings. The molecule has 0 radical (unpaired) electrons. The first-order chi connectivity index (χ1) is 9.21. The summed E-state index contributed by atoms with van der Waals surface area (Å²) in [6.45, 7) is 8.10. The molecule has 20 heavy (non-hydrogen) atoms. The highest BCUT2D eigenvalue weighted by molar-refractivity contribution is 6.62. The second-order valence-electron chi connectivity index (χ2n) is 6.35. The summed E-state index contributed by atoms with van der Waals surface area (Å²) in [5, 5.41) is 0. The Morgan fingerprint density at radius 2 is 1.75 bits per heavy atom. The Morgan fingerprint density at radius 3 is 2.35 bits per heavy atom. The minimum Gasteiger partial charge on any atom is -0.399 e. The molecular formula is C14H19BN2O3. The second-order valence-corrected chi connectivity index (χ2v) is 6.35. The first-order valence-electron chi connectivity index (χ1n) is 6.75. The molecule has 1 saturated heterocycles. The molecule has 5 nitrogen and oxygen atoms in total. The zero-order chi connectivity index (χ0) is 14.7. The largest absolute Gasteiger partial charge is 0.494 e. The third-order valence-electron chi connectivity index (χ3n) is 4.45. The van der Waals surface area contributed by atoms with E-state index in [0.29, 0.717) is 0 Å². The van der Waals surface area contributed by atoms with Gasteiger partial charge in [0.2, 0.25) is 0 Å². The van der Waals surface area contributed by atoms with Gasteiger partial charge in [-0.15, -0.1) is 0 Å². The first kappa shape index (κ1) is 13.5. The number of H-pyrrole nitrogens is 1. The monoisotopic (exact) mass is 274 g/mol. The van der Waals surface area contributed by atoms with Gasteiger partial charge in [0.25, 0.3) is 0 Å². The van der Waals surface area contributed by atoms with E-state index in [4.69, 9.17) is 9.31 Å². The highest BCUT2D eigenvalue weighted by Gasteiger charge is 2.51. The summed E-state index contributed by atoms with van der Waals surface area (Å²) in [6, 6.07) is 5.76. The first-order valence-corrected chi connectivity index (χ1v) is 6.75. The molecule has 0 amide bonds. The Morgan fingerprint density at radius 1 is 1.15 bits per heavy atom. The molecule has 0 saturated carbocycles. The normalized spacial score (nSPS) is 20.8. The third-order valence-corrected chi connectivity index (χ3v) is 4.45. The minimum absolute atomic E-state index is 0.119. The number of nitrogens with zero attached hydrogens (tertiary/aromatic N) is 1. The number of hydrogen-bond acceptors (Lipinski definition) is 3. The van der Waals surface area contributed by atoms with E-state index in [1.807, 2.05) is 45.9 Å². The molecule has 1 aromatic heterocycles. The van der Waals surface area contributed by atoms with E-state index in [0.717, 1.165) is 16.5 Å². The van der Waals surface area contributed by atoms with Crippen molar-refractivity contribution in [3.63, 3.8) is 0 Å². The molecule has 3 rings (SSSR count). The molecule has 0 unspecified atom stereocenters. The van der Waals surface area contributed by atoms with Crippen LogP contribution in [0, 0.1) is 0 Å². The van der Waals surface area contributed by atoms with Crippen LogP contribution in [0.1, 0.15) is 27.7 Å². The van der Waals surface area contributed by atoms with Gasteiger partial charge in [0.1, 0.15) is 0 Å². The molecule has 0 spiro atoms. The van der Waals surface area contributed by atoms with Crippen molar-refractivity contribution in [1.82, 2.24) is 9.55 Å². The predicted molar refractivity (Wildman–Crippen MR) is 79.3 cm³/mol. The molecule has 2 heterocycles. The fraction of sp³-hybridized carbons (Fsp3) is 0.500. The summed E-state index contributed by atoms with van der Waals surface area (Å²) in [7, 11) is 1.34. The number of aromatic nitrogens is 2. The van der Waals surface area contributed by atoms with Crippen molar-refractivity contribution < 1.29 is 9.31 Å². The van der Waals surface area contributed by atoms with Crippen LogP contribution in [0.15, 0.2) is 23.0 Å². The van der Waals surface area contributed by atoms with Crippen LogP contribution < -0.4 is 11.2 Å². The van der Waals surface area contributed by atoms with Gasteiger partial charge in [-0.1, -0.05) is 6.07 Å². The van der Waals surface area contributed by atoms with Gasteiger partial charge in [-0.25, -0.2) is 4.79 Å². The van der Waals surface area contributed by atoms with Crippen molar-refractivity contribution in [2.45, 2.75) is 38.9 Å². The summed E-state index contributed by atoms with van der Waals surface area (Å²) >= 11 is 0. The number of imidazole rings is 1. The summed E-state index contributed by atoms with van der Waals surface area (Å²) in [5.41, 5.74) is 1.74. The van der Waals surface area contributed by atoms with Gasteiger partial charge in [-0.2, -0.15) is 0 Å². The van der Waals surface area contributed by atoms with Crippen molar-refractivity contribution in [1.29, 1.82) is 0 Å². The van der Waals surface area contributed by atoms with Crippen LogP contribution in [0.2, 0.25) is 0 Å². The van der Waals surface area contributed by atoms with Crippen molar-refractivity contribution >= 4 is 23.6 Å². The zero-order valence-corrected chi connectivity index (χ0v) is 12.5. The van der Waals surface area contributed by atoms with Gasteiger partial charge in [0.15, 0.2) is 0 Å². The molecule has 1 N–H and O–H groups in total. The van der Waals surface area contributed by atoms with Crippen LogP contribution in [0.25, 0.3) is 11.0 Å². The van der Waals surface area contributed by atoms with E-state index in [-0.39, 0.29) is 16.9 Å². The number of nitrogens with one attached hydrogen (secondary N) is 1. The molecule has 0 bridgehead atoms. The molecule has 1 aliphatic heterocycles. The Balaban J connectivity index is 2.04. The SMILES string of the molecule is Cn1c(=O)[nH]c2ccc(B3OC(C)(C)C(C)(C)O3)cc21. The van der Waals surface area contributed by atoms with Gasteiger partial charge >= 0.3 is 12.8 Å². The smallest absolute Gasteiger partial charge is 0.399 e. The maximum absolute atomic E-state index is 11.6. The number of rotatable bonds is 1. The number of aryl methyl sites for hydroxylation is 1. The average Bonchev–Trinajstić information content (AvgIpc) is 2.74. The Kier molecular flexibility index (Phi) is 2.69. The highest BCUT2D eigenvalue weighted by atomic mass is 16.7. The Hall–Kier alpha value is -1.53.